The van der Waals surface area contributed by atoms with Crippen molar-refractivity contribution in [2.45, 2.75) is 26.2 Å². The summed E-state index contributed by atoms with van der Waals surface area (Å²) in [7, 11) is 1.78. The molecule has 0 spiro atoms. The molecule has 0 aliphatic heterocycles. The molecule has 19 heavy (non-hydrogen) atoms. The Morgan fingerprint density at radius 3 is 2.68 bits per heavy atom. The molecule has 7 heteroatoms. The number of Topliss-reactive ketones (excluding diaryl/α,β-unsaturated/α-hetero) is 1. The third-order valence-electron chi connectivity index (χ3n) is 2.74. The van der Waals surface area contributed by atoms with E-state index in [2.05, 4.69) is 0 Å². The van der Waals surface area contributed by atoms with Gasteiger partial charge in [-0.05, 0) is 26.2 Å². The summed E-state index contributed by atoms with van der Waals surface area (Å²) in [5.41, 5.74) is -0.0140. The highest BCUT2D eigenvalue weighted by Gasteiger charge is 2.23. The molecular formula is C12H18N2O4S. The smallest absolute Gasteiger partial charge is 0.304 e. The van der Waals surface area contributed by atoms with Crippen molar-refractivity contribution in [3.8, 4) is 0 Å². The van der Waals surface area contributed by atoms with Gasteiger partial charge in [0.2, 0.25) is 0 Å². The number of unbranched alkanes of at least 4 members (excludes halogenated alkanes) is 2. The number of carbonyl (C=O) groups excluding carboxylic acids is 1. The molecule has 1 heterocycles. The maximum absolute atomic E-state index is 11.3. The second-order valence-electron chi connectivity index (χ2n) is 4.32. The molecule has 0 bridgehead atoms. The zero-order valence-electron chi connectivity index (χ0n) is 11.1. The zero-order chi connectivity index (χ0) is 14.4. The maximum Gasteiger partial charge on any atom is 0.304 e. The first-order valence-electron chi connectivity index (χ1n) is 6.08. The Morgan fingerprint density at radius 1 is 1.47 bits per heavy atom. The first-order chi connectivity index (χ1) is 8.97. The summed E-state index contributed by atoms with van der Waals surface area (Å²) in [6.07, 6.45) is 2.46. The number of anilines is 1. The number of aliphatic hydroxyl groups is 1. The van der Waals surface area contributed by atoms with E-state index in [4.69, 9.17) is 5.11 Å². The van der Waals surface area contributed by atoms with Gasteiger partial charge in [0.1, 0.15) is 0 Å². The number of ketones is 1. The highest BCUT2D eigenvalue weighted by molar-refractivity contribution is 7.18. The van der Waals surface area contributed by atoms with Crippen molar-refractivity contribution < 1.29 is 14.8 Å². The molecule has 0 saturated heterocycles. The summed E-state index contributed by atoms with van der Waals surface area (Å²) >= 11 is 1.15. The fraction of sp³-hybridized carbons (Fsp3) is 0.583. The van der Waals surface area contributed by atoms with E-state index in [1.807, 2.05) is 0 Å². The van der Waals surface area contributed by atoms with Crippen molar-refractivity contribution in [1.29, 1.82) is 0 Å². The van der Waals surface area contributed by atoms with Crippen LogP contribution in [-0.2, 0) is 0 Å². The third-order valence-corrected chi connectivity index (χ3v) is 4.07. The third kappa shape index (κ3) is 4.29. The lowest BCUT2D eigenvalue weighted by Crippen LogP contribution is -2.18. The molecule has 0 saturated carbocycles. The van der Waals surface area contributed by atoms with Crippen LogP contribution < -0.4 is 4.90 Å². The molecule has 1 N–H and O–H groups in total. The van der Waals surface area contributed by atoms with Gasteiger partial charge in [0.05, 0.1) is 9.80 Å². The molecule has 0 radical (unpaired) electrons. The van der Waals surface area contributed by atoms with Gasteiger partial charge >= 0.3 is 5.69 Å². The average molecular weight is 286 g/mol. The van der Waals surface area contributed by atoms with Crippen molar-refractivity contribution in [3.05, 3.63) is 21.1 Å². The highest BCUT2D eigenvalue weighted by Crippen LogP contribution is 2.37. The highest BCUT2D eigenvalue weighted by atomic mass is 32.1. The fourth-order valence-electron chi connectivity index (χ4n) is 1.69. The molecule has 106 valence electrons. The van der Waals surface area contributed by atoms with Gasteiger partial charge in [0.25, 0.3) is 0 Å². The monoisotopic (exact) mass is 286 g/mol. The lowest BCUT2D eigenvalue weighted by Gasteiger charge is -2.16. The summed E-state index contributed by atoms with van der Waals surface area (Å²) in [5.74, 6) is -0.159. The van der Waals surface area contributed by atoms with Gasteiger partial charge < -0.3 is 10.0 Å². The number of nitro groups is 1. The predicted molar refractivity (Wildman–Crippen MR) is 75.2 cm³/mol. The Hall–Kier alpha value is -1.47. The minimum absolute atomic E-state index is 0.0140. The summed E-state index contributed by atoms with van der Waals surface area (Å²) in [6, 6.07) is 1.34. The van der Waals surface area contributed by atoms with E-state index in [9.17, 15) is 14.9 Å². The molecule has 1 rings (SSSR count). The van der Waals surface area contributed by atoms with Crippen LogP contribution in [0, 0.1) is 10.1 Å². The van der Waals surface area contributed by atoms with Crippen LogP contribution in [0.5, 0.6) is 0 Å². The molecule has 6 nitrogen and oxygen atoms in total. The minimum Gasteiger partial charge on any atom is -0.396 e. The lowest BCUT2D eigenvalue weighted by atomic mass is 10.2. The van der Waals surface area contributed by atoms with Crippen molar-refractivity contribution >= 4 is 27.8 Å². The average Bonchev–Trinajstić information content (AvgIpc) is 2.79. The van der Waals surface area contributed by atoms with E-state index in [1.165, 1.54) is 13.0 Å². The number of nitrogens with zero attached hydrogens (tertiary/aromatic N) is 2. The molecule has 0 aliphatic rings. The van der Waals surface area contributed by atoms with E-state index in [0.29, 0.717) is 16.4 Å². The van der Waals surface area contributed by atoms with Crippen LogP contribution >= 0.6 is 11.3 Å². The Kier molecular flexibility index (Phi) is 5.91. The van der Waals surface area contributed by atoms with Crippen molar-refractivity contribution in [2.24, 2.45) is 0 Å². The number of thiophene rings is 1. The lowest BCUT2D eigenvalue weighted by molar-refractivity contribution is -0.383. The SMILES string of the molecule is CC(=O)c1cc([N+](=O)[O-])c(N(C)CCCCCO)s1. The number of rotatable bonds is 8. The summed E-state index contributed by atoms with van der Waals surface area (Å²) in [6.45, 7) is 2.23. The number of hydrogen-bond acceptors (Lipinski definition) is 6. The standard InChI is InChI=1S/C12H18N2O4S/c1-9(16)11-8-10(14(17)18)12(19-11)13(2)6-4-3-5-7-15/h8,15H,3-7H2,1-2H3. The van der Waals surface area contributed by atoms with Crippen LogP contribution in [0.1, 0.15) is 35.9 Å². The Morgan fingerprint density at radius 2 is 2.16 bits per heavy atom. The van der Waals surface area contributed by atoms with Gasteiger partial charge in [-0.3, -0.25) is 14.9 Å². The molecule has 0 unspecified atom stereocenters. The van der Waals surface area contributed by atoms with E-state index in [1.54, 1.807) is 11.9 Å². The van der Waals surface area contributed by atoms with Crippen LogP contribution in [0.2, 0.25) is 0 Å². The summed E-state index contributed by atoms with van der Waals surface area (Å²) in [4.78, 5) is 24.0. The molecular weight excluding hydrogens is 268 g/mol. The summed E-state index contributed by atoms with van der Waals surface area (Å²) < 4.78 is 0. The van der Waals surface area contributed by atoms with Crippen molar-refractivity contribution in [1.82, 2.24) is 0 Å². The van der Waals surface area contributed by atoms with Crippen LogP contribution in [0.3, 0.4) is 0 Å². The minimum atomic E-state index is -0.456. The predicted octanol–water partition coefficient (Wildman–Crippen LogP) is 2.46. The van der Waals surface area contributed by atoms with Gasteiger partial charge in [-0.25, -0.2) is 0 Å². The molecule has 0 aliphatic carbocycles. The number of aliphatic hydroxyl groups excluding tert-OH is 1. The topological polar surface area (TPSA) is 83.7 Å². The van der Waals surface area contributed by atoms with E-state index in [-0.39, 0.29) is 18.1 Å². The van der Waals surface area contributed by atoms with Crippen LogP contribution in [0.15, 0.2) is 6.07 Å². The molecule has 1 aromatic rings. The fourth-order valence-corrected chi connectivity index (χ4v) is 2.70. The molecule has 0 fully saturated rings. The summed E-state index contributed by atoms with van der Waals surface area (Å²) in [5, 5.41) is 20.2. The van der Waals surface area contributed by atoms with Crippen LogP contribution in [0.25, 0.3) is 0 Å². The Labute approximate surface area is 115 Å². The second kappa shape index (κ2) is 7.20. The van der Waals surface area contributed by atoms with Crippen molar-refractivity contribution in [2.75, 3.05) is 25.1 Å². The number of hydrogen-bond donors (Lipinski definition) is 1. The van der Waals surface area contributed by atoms with E-state index < -0.39 is 4.92 Å². The van der Waals surface area contributed by atoms with Crippen LogP contribution in [-0.4, -0.2) is 36.0 Å². The van der Waals surface area contributed by atoms with E-state index >= 15 is 0 Å². The maximum atomic E-state index is 11.3. The van der Waals surface area contributed by atoms with Crippen LogP contribution in [0.4, 0.5) is 10.7 Å². The second-order valence-corrected chi connectivity index (χ2v) is 5.35. The quantitative estimate of drug-likeness (QED) is 0.343. The first-order valence-corrected chi connectivity index (χ1v) is 6.90. The van der Waals surface area contributed by atoms with Gasteiger partial charge in [-0.2, -0.15) is 0 Å². The largest absolute Gasteiger partial charge is 0.396 e. The Balaban J connectivity index is 2.79. The number of carbonyl (C=O) groups is 1. The zero-order valence-corrected chi connectivity index (χ0v) is 11.9. The van der Waals surface area contributed by atoms with Gasteiger partial charge in [0.15, 0.2) is 10.8 Å². The van der Waals surface area contributed by atoms with Gasteiger partial charge in [-0.1, -0.05) is 0 Å². The molecule has 0 atom stereocenters. The molecule has 1 aromatic heterocycles. The first kappa shape index (κ1) is 15.6. The van der Waals surface area contributed by atoms with Gasteiger partial charge in [-0.15, -0.1) is 11.3 Å². The Bertz CT molecular complexity index is 459. The molecule has 0 amide bonds. The molecule has 0 aromatic carbocycles. The van der Waals surface area contributed by atoms with Gasteiger partial charge in [0, 0.05) is 26.3 Å². The normalized spacial score (nSPS) is 10.5. The van der Waals surface area contributed by atoms with E-state index in [0.717, 1.165) is 30.6 Å². The van der Waals surface area contributed by atoms with Crippen molar-refractivity contribution in [3.63, 3.8) is 0 Å².